The Hall–Kier alpha value is -1.55. The molecule has 0 unspecified atom stereocenters. The molecule has 0 amide bonds. The van der Waals surface area contributed by atoms with Crippen LogP contribution in [0.3, 0.4) is 0 Å². The Labute approximate surface area is 70.0 Å². The number of para-hydroxylation sites is 1. The highest BCUT2D eigenvalue weighted by molar-refractivity contribution is 5.76. The van der Waals surface area contributed by atoms with Gasteiger partial charge in [0, 0.05) is 5.69 Å². The fraction of sp³-hybridized carbons (Fsp3) is 0.125. The number of hydrogen-bond acceptors (Lipinski definition) is 3. The third-order valence-corrected chi connectivity index (χ3v) is 1.36. The van der Waals surface area contributed by atoms with Crippen molar-refractivity contribution in [2.24, 2.45) is 5.73 Å². The Morgan fingerprint density at radius 3 is 2.50 bits per heavy atom. The summed E-state index contributed by atoms with van der Waals surface area (Å²) < 4.78 is 0. The van der Waals surface area contributed by atoms with Gasteiger partial charge in [-0.3, -0.25) is 0 Å². The van der Waals surface area contributed by atoms with Gasteiger partial charge in [0.2, 0.25) is 0 Å². The van der Waals surface area contributed by atoms with Crippen LogP contribution in [0, 0.1) is 0 Å². The lowest BCUT2D eigenvalue weighted by atomic mass is 10.3. The standard InChI is InChI=1S/C8H10N2O2/c9-7(8(11)12)10-6-4-2-1-3-5-6/h1-5,7,10H,9H2,(H,11,12)/t7-/m0/s1. The molecule has 4 N–H and O–H groups in total. The molecule has 1 atom stereocenters. The van der Waals surface area contributed by atoms with E-state index in [1.807, 2.05) is 6.07 Å². The van der Waals surface area contributed by atoms with Crippen molar-refractivity contribution in [3.8, 4) is 0 Å². The summed E-state index contributed by atoms with van der Waals surface area (Å²) in [5.41, 5.74) is 5.94. The summed E-state index contributed by atoms with van der Waals surface area (Å²) >= 11 is 0. The maximum absolute atomic E-state index is 10.3. The Bertz CT molecular complexity index is 261. The molecule has 0 heterocycles. The number of aliphatic carboxylic acids is 1. The van der Waals surface area contributed by atoms with Crippen LogP contribution in [-0.2, 0) is 4.79 Å². The highest BCUT2D eigenvalue weighted by atomic mass is 16.4. The van der Waals surface area contributed by atoms with Crippen molar-refractivity contribution in [1.82, 2.24) is 0 Å². The van der Waals surface area contributed by atoms with Gasteiger partial charge in [0.1, 0.15) is 0 Å². The first-order chi connectivity index (χ1) is 5.70. The number of nitrogens with two attached hydrogens (primary N) is 1. The highest BCUT2D eigenvalue weighted by Gasteiger charge is 2.09. The summed E-state index contributed by atoms with van der Waals surface area (Å²) in [6, 6.07) is 8.96. The van der Waals surface area contributed by atoms with Crippen molar-refractivity contribution in [1.29, 1.82) is 0 Å². The van der Waals surface area contributed by atoms with Crippen LogP contribution in [0.5, 0.6) is 0 Å². The lowest BCUT2D eigenvalue weighted by molar-refractivity contribution is -0.137. The van der Waals surface area contributed by atoms with E-state index in [1.165, 1.54) is 0 Å². The Morgan fingerprint density at radius 2 is 2.00 bits per heavy atom. The number of carbonyl (C=O) groups is 1. The summed E-state index contributed by atoms with van der Waals surface area (Å²) in [6.45, 7) is 0. The average molecular weight is 166 g/mol. The van der Waals surface area contributed by atoms with Crippen molar-refractivity contribution in [2.45, 2.75) is 6.17 Å². The SMILES string of the molecule is N[C@@H](Nc1ccccc1)C(=O)O. The molecule has 0 aliphatic rings. The van der Waals surface area contributed by atoms with Crippen molar-refractivity contribution in [3.63, 3.8) is 0 Å². The predicted molar refractivity (Wildman–Crippen MR) is 45.7 cm³/mol. The third kappa shape index (κ3) is 2.25. The zero-order chi connectivity index (χ0) is 8.97. The first-order valence-electron chi connectivity index (χ1n) is 3.50. The summed E-state index contributed by atoms with van der Waals surface area (Å²) in [4.78, 5) is 10.3. The van der Waals surface area contributed by atoms with Crippen LogP contribution < -0.4 is 11.1 Å². The van der Waals surface area contributed by atoms with Crippen LogP contribution in [0.15, 0.2) is 30.3 Å². The topological polar surface area (TPSA) is 75.3 Å². The number of hydrogen-bond donors (Lipinski definition) is 3. The average Bonchev–Trinajstić information content (AvgIpc) is 2.06. The smallest absolute Gasteiger partial charge is 0.341 e. The maximum Gasteiger partial charge on any atom is 0.341 e. The molecule has 1 aromatic rings. The molecule has 0 saturated carbocycles. The summed E-state index contributed by atoms with van der Waals surface area (Å²) in [6.07, 6.45) is -1.05. The number of benzene rings is 1. The van der Waals surface area contributed by atoms with Gasteiger partial charge in [-0.15, -0.1) is 0 Å². The molecule has 4 nitrogen and oxygen atoms in total. The minimum absolute atomic E-state index is 0.701. The van der Waals surface area contributed by atoms with Gasteiger partial charge in [-0.1, -0.05) is 18.2 Å². The fourth-order valence-electron chi connectivity index (χ4n) is 0.776. The molecular weight excluding hydrogens is 156 g/mol. The molecule has 0 aromatic heterocycles. The first kappa shape index (κ1) is 8.55. The highest BCUT2D eigenvalue weighted by Crippen LogP contribution is 2.04. The van der Waals surface area contributed by atoms with Gasteiger partial charge >= 0.3 is 5.97 Å². The number of anilines is 1. The molecule has 0 fully saturated rings. The van der Waals surface area contributed by atoms with E-state index in [1.54, 1.807) is 24.3 Å². The van der Waals surface area contributed by atoms with Gasteiger partial charge in [-0.25, -0.2) is 4.79 Å². The van der Waals surface area contributed by atoms with E-state index in [4.69, 9.17) is 10.8 Å². The zero-order valence-electron chi connectivity index (χ0n) is 6.40. The van der Waals surface area contributed by atoms with Gasteiger partial charge < -0.3 is 16.2 Å². The maximum atomic E-state index is 10.3. The summed E-state index contributed by atoms with van der Waals surface area (Å²) in [5.74, 6) is -1.07. The number of carboxylic acids is 1. The van der Waals surface area contributed by atoms with Gasteiger partial charge in [-0.05, 0) is 12.1 Å². The summed E-state index contributed by atoms with van der Waals surface area (Å²) in [5, 5.41) is 11.1. The Balaban J connectivity index is 2.58. The van der Waals surface area contributed by atoms with Crippen molar-refractivity contribution in [2.75, 3.05) is 5.32 Å². The third-order valence-electron chi connectivity index (χ3n) is 1.36. The molecule has 1 rings (SSSR count). The first-order valence-corrected chi connectivity index (χ1v) is 3.50. The molecule has 12 heavy (non-hydrogen) atoms. The van der Waals surface area contributed by atoms with Gasteiger partial charge in [0.25, 0.3) is 0 Å². The molecule has 0 bridgehead atoms. The fourth-order valence-corrected chi connectivity index (χ4v) is 0.776. The molecule has 4 heteroatoms. The minimum atomic E-state index is -1.07. The number of carboxylic acid groups (broad SMARTS) is 1. The van der Waals surface area contributed by atoms with Crippen LogP contribution in [0.4, 0.5) is 5.69 Å². The molecule has 0 saturated heterocycles. The molecule has 0 spiro atoms. The van der Waals surface area contributed by atoms with Crippen LogP contribution >= 0.6 is 0 Å². The lowest BCUT2D eigenvalue weighted by Gasteiger charge is -2.09. The number of nitrogens with one attached hydrogen (secondary N) is 1. The van der Waals surface area contributed by atoms with Gasteiger partial charge in [0.05, 0.1) is 0 Å². The normalized spacial score (nSPS) is 12.1. The predicted octanol–water partition coefficient (Wildman–Crippen LogP) is 0.468. The molecular formula is C8H10N2O2. The van der Waals surface area contributed by atoms with Crippen molar-refractivity contribution in [3.05, 3.63) is 30.3 Å². The minimum Gasteiger partial charge on any atom is -0.479 e. The van der Waals surface area contributed by atoms with Crippen LogP contribution in [0.25, 0.3) is 0 Å². The summed E-state index contributed by atoms with van der Waals surface area (Å²) in [7, 11) is 0. The van der Waals surface area contributed by atoms with E-state index in [0.717, 1.165) is 0 Å². The van der Waals surface area contributed by atoms with E-state index in [0.29, 0.717) is 5.69 Å². The Morgan fingerprint density at radius 1 is 1.42 bits per heavy atom. The van der Waals surface area contributed by atoms with E-state index < -0.39 is 12.1 Å². The van der Waals surface area contributed by atoms with Crippen LogP contribution in [-0.4, -0.2) is 17.2 Å². The van der Waals surface area contributed by atoms with E-state index in [-0.39, 0.29) is 0 Å². The largest absolute Gasteiger partial charge is 0.479 e. The molecule has 0 aliphatic heterocycles. The lowest BCUT2D eigenvalue weighted by Crippen LogP contribution is -2.37. The molecule has 64 valence electrons. The van der Waals surface area contributed by atoms with Crippen molar-refractivity contribution < 1.29 is 9.90 Å². The monoisotopic (exact) mass is 166 g/mol. The number of rotatable bonds is 3. The second-order valence-electron chi connectivity index (χ2n) is 2.33. The molecule has 1 aromatic carbocycles. The van der Waals surface area contributed by atoms with E-state index >= 15 is 0 Å². The van der Waals surface area contributed by atoms with E-state index in [2.05, 4.69) is 5.32 Å². The Kier molecular flexibility index (Phi) is 2.66. The van der Waals surface area contributed by atoms with Crippen LogP contribution in [0.1, 0.15) is 0 Å². The van der Waals surface area contributed by atoms with Gasteiger partial charge in [0.15, 0.2) is 6.17 Å². The van der Waals surface area contributed by atoms with Crippen molar-refractivity contribution >= 4 is 11.7 Å². The molecule has 0 radical (unpaired) electrons. The second kappa shape index (κ2) is 3.73. The van der Waals surface area contributed by atoms with E-state index in [9.17, 15) is 4.79 Å². The quantitative estimate of drug-likeness (QED) is 0.570. The zero-order valence-corrected chi connectivity index (χ0v) is 6.40. The second-order valence-corrected chi connectivity index (χ2v) is 2.33. The van der Waals surface area contributed by atoms with Crippen LogP contribution in [0.2, 0.25) is 0 Å². The molecule has 0 aliphatic carbocycles. The van der Waals surface area contributed by atoms with Gasteiger partial charge in [-0.2, -0.15) is 0 Å².